The van der Waals surface area contributed by atoms with Gasteiger partial charge in [-0.15, -0.1) is 0 Å². The number of fused-ring (bicyclic) bond motifs is 1. The summed E-state index contributed by atoms with van der Waals surface area (Å²) in [5.74, 6) is 0. The van der Waals surface area contributed by atoms with Gasteiger partial charge in [0.05, 0.1) is 10.6 Å². The van der Waals surface area contributed by atoms with Crippen molar-refractivity contribution in [3.05, 3.63) is 57.4 Å². The largest absolute Gasteiger partial charge is 0.369 e. The maximum absolute atomic E-state index is 13.7. The molecule has 1 aliphatic rings. The van der Waals surface area contributed by atoms with E-state index in [0.717, 1.165) is 11.1 Å². The summed E-state index contributed by atoms with van der Waals surface area (Å²) in [6.07, 6.45) is 3.95. The molecule has 0 aliphatic carbocycles. The zero-order valence-electron chi connectivity index (χ0n) is 16.4. The van der Waals surface area contributed by atoms with Gasteiger partial charge in [-0.05, 0) is 36.1 Å². The van der Waals surface area contributed by atoms with Crippen molar-refractivity contribution in [1.82, 2.24) is 9.29 Å². The van der Waals surface area contributed by atoms with Gasteiger partial charge in [0.1, 0.15) is 4.90 Å². The lowest BCUT2D eigenvalue weighted by atomic mass is 10.0. The van der Waals surface area contributed by atoms with Gasteiger partial charge in [0, 0.05) is 61.4 Å². The minimum Gasteiger partial charge on any atom is -0.369 e. The first-order valence-corrected chi connectivity index (χ1v) is 13.1. The number of aryl methyl sites for hydroxylation is 1. The number of sulfonamides is 1. The van der Waals surface area contributed by atoms with Gasteiger partial charge < -0.3 is 4.90 Å². The topological polar surface area (TPSA) is 96.6 Å². The highest BCUT2D eigenvalue weighted by molar-refractivity contribution is 9.09. The number of nitro groups is 1. The molecule has 2 heterocycles. The molecule has 2 aromatic rings. The van der Waals surface area contributed by atoms with Gasteiger partial charge >= 0.3 is 0 Å². The van der Waals surface area contributed by atoms with Crippen LogP contribution >= 0.6 is 31.9 Å². The Kier molecular flexibility index (Phi) is 7.48. The fraction of sp³-hybridized carbons (Fsp3) is 0.421. The van der Waals surface area contributed by atoms with Crippen molar-refractivity contribution >= 4 is 53.3 Å². The number of nitro benzene ring substituents is 1. The van der Waals surface area contributed by atoms with Crippen LogP contribution in [0.15, 0.2) is 35.5 Å². The fourth-order valence-corrected chi connectivity index (χ4v) is 6.26. The molecule has 3 rings (SSSR count). The predicted octanol–water partition coefficient (Wildman–Crippen LogP) is 3.64. The Labute approximate surface area is 192 Å². The monoisotopic (exact) mass is 560 g/mol. The van der Waals surface area contributed by atoms with E-state index in [4.69, 9.17) is 0 Å². The van der Waals surface area contributed by atoms with Crippen molar-refractivity contribution in [1.29, 1.82) is 0 Å². The van der Waals surface area contributed by atoms with E-state index in [1.807, 2.05) is 11.0 Å². The smallest absolute Gasteiger partial charge is 0.271 e. The minimum absolute atomic E-state index is 0.0246. The summed E-state index contributed by atoms with van der Waals surface area (Å²) in [7, 11) is -3.97. The Morgan fingerprint density at radius 2 is 1.93 bits per heavy atom. The van der Waals surface area contributed by atoms with Crippen LogP contribution in [-0.4, -0.2) is 52.9 Å². The summed E-state index contributed by atoms with van der Waals surface area (Å²) in [5.41, 5.74) is 2.77. The van der Waals surface area contributed by atoms with Crippen molar-refractivity contribution in [3.63, 3.8) is 0 Å². The first-order chi connectivity index (χ1) is 14.3. The van der Waals surface area contributed by atoms with E-state index in [9.17, 15) is 18.5 Å². The molecule has 0 spiro atoms. The molecule has 8 nitrogen and oxygen atoms in total. The second-order valence-electron chi connectivity index (χ2n) is 6.96. The van der Waals surface area contributed by atoms with E-state index >= 15 is 0 Å². The second-order valence-corrected chi connectivity index (χ2v) is 10.5. The van der Waals surface area contributed by atoms with Gasteiger partial charge in [0.2, 0.25) is 10.0 Å². The fourth-order valence-electron chi connectivity index (χ4n) is 3.68. The average molecular weight is 562 g/mol. The second kappa shape index (κ2) is 9.71. The number of halogens is 2. The number of benzene rings is 1. The molecule has 30 heavy (non-hydrogen) atoms. The summed E-state index contributed by atoms with van der Waals surface area (Å²) >= 11 is 6.83. The first kappa shape index (κ1) is 23.1. The molecular weight excluding hydrogens is 540 g/mol. The molecule has 0 fully saturated rings. The Bertz CT molecular complexity index is 1040. The molecule has 0 saturated carbocycles. The number of hydrogen-bond donors (Lipinski definition) is 0. The van der Waals surface area contributed by atoms with Crippen LogP contribution in [-0.2, 0) is 23.0 Å². The van der Waals surface area contributed by atoms with Crippen LogP contribution in [0.25, 0.3) is 0 Å². The van der Waals surface area contributed by atoms with Crippen molar-refractivity contribution in [2.24, 2.45) is 0 Å². The van der Waals surface area contributed by atoms with Crippen molar-refractivity contribution in [2.75, 3.05) is 35.2 Å². The summed E-state index contributed by atoms with van der Waals surface area (Å²) < 4.78 is 28.8. The molecule has 0 radical (unpaired) electrons. The quantitative estimate of drug-likeness (QED) is 0.277. The summed E-state index contributed by atoms with van der Waals surface area (Å²) in [5, 5.41) is 12.7. The van der Waals surface area contributed by atoms with Crippen molar-refractivity contribution in [3.8, 4) is 0 Å². The van der Waals surface area contributed by atoms with Crippen LogP contribution in [0.1, 0.15) is 16.7 Å². The van der Waals surface area contributed by atoms with Crippen LogP contribution < -0.4 is 4.90 Å². The number of non-ortho nitro benzene ring substituents is 1. The third kappa shape index (κ3) is 4.68. The highest BCUT2D eigenvalue weighted by atomic mass is 79.9. The summed E-state index contributed by atoms with van der Waals surface area (Å²) in [6, 6.07) is 4.51. The van der Waals surface area contributed by atoms with Gasteiger partial charge in [-0.2, -0.15) is 4.31 Å². The molecular formula is C19H22Br2N4O4S. The molecule has 1 aromatic heterocycles. The van der Waals surface area contributed by atoms with Gasteiger partial charge in [-0.3, -0.25) is 15.1 Å². The van der Waals surface area contributed by atoms with E-state index in [-0.39, 0.29) is 17.1 Å². The summed E-state index contributed by atoms with van der Waals surface area (Å²) in [4.78, 5) is 16.9. The first-order valence-electron chi connectivity index (χ1n) is 9.37. The van der Waals surface area contributed by atoms with E-state index in [1.54, 1.807) is 19.3 Å². The molecule has 0 bridgehead atoms. The number of alkyl halides is 2. The van der Waals surface area contributed by atoms with Gasteiger partial charge in [0.15, 0.2) is 0 Å². The maximum atomic E-state index is 13.7. The van der Waals surface area contributed by atoms with E-state index < -0.39 is 14.9 Å². The Morgan fingerprint density at radius 1 is 1.23 bits per heavy atom. The maximum Gasteiger partial charge on any atom is 0.271 e. The van der Waals surface area contributed by atoms with E-state index in [0.29, 0.717) is 48.0 Å². The van der Waals surface area contributed by atoms with Crippen LogP contribution in [0.3, 0.4) is 0 Å². The molecule has 1 aromatic carbocycles. The molecule has 0 atom stereocenters. The minimum atomic E-state index is -3.97. The molecule has 162 valence electrons. The molecule has 0 unspecified atom stereocenters. The van der Waals surface area contributed by atoms with Crippen molar-refractivity contribution in [2.45, 2.75) is 24.8 Å². The molecule has 11 heteroatoms. The van der Waals surface area contributed by atoms with Crippen molar-refractivity contribution < 1.29 is 13.3 Å². The third-order valence-corrected chi connectivity index (χ3v) is 7.65. The number of rotatable bonds is 8. The molecule has 0 saturated heterocycles. The molecule has 0 N–H and O–H groups in total. The normalized spacial score (nSPS) is 14.4. The lowest BCUT2D eigenvalue weighted by molar-refractivity contribution is -0.385. The number of hydrogen-bond acceptors (Lipinski definition) is 6. The standard InChI is InChI=1S/C19H22Br2N4O4S/c1-14-10-17(25(26)27)11-18(19(14)23(8-4-20)9-5-21)30(28,29)24-7-3-15-2-6-22-12-16(15)13-24/h2,6,10-12H,3-5,7-9,13H2,1H3. The number of anilines is 1. The lowest BCUT2D eigenvalue weighted by Crippen LogP contribution is -2.38. The van der Waals surface area contributed by atoms with Crippen LogP contribution in [0.2, 0.25) is 0 Å². The third-order valence-electron chi connectivity index (χ3n) is 5.09. The Morgan fingerprint density at radius 3 is 2.57 bits per heavy atom. The Balaban J connectivity index is 2.13. The average Bonchev–Trinajstić information content (AvgIpc) is 2.72. The summed E-state index contributed by atoms with van der Waals surface area (Å²) in [6.45, 7) is 3.37. The zero-order chi connectivity index (χ0) is 21.9. The van der Waals surface area contributed by atoms with E-state index in [2.05, 4.69) is 36.8 Å². The van der Waals surface area contributed by atoms with Crippen LogP contribution in [0, 0.1) is 17.0 Å². The predicted molar refractivity (Wildman–Crippen MR) is 123 cm³/mol. The number of aromatic nitrogens is 1. The molecule has 0 amide bonds. The zero-order valence-corrected chi connectivity index (χ0v) is 20.4. The highest BCUT2D eigenvalue weighted by Crippen LogP contribution is 2.36. The molecule has 1 aliphatic heterocycles. The van der Waals surface area contributed by atoms with Gasteiger partial charge in [0.25, 0.3) is 5.69 Å². The van der Waals surface area contributed by atoms with Crippen LogP contribution in [0.4, 0.5) is 11.4 Å². The lowest BCUT2D eigenvalue weighted by Gasteiger charge is -2.31. The number of pyridine rings is 1. The highest BCUT2D eigenvalue weighted by Gasteiger charge is 2.34. The van der Waals surface area contributed by atoms with E-state index in [1.165, 1.54) is 16.4 Å². The number of nitrogens with zero attached hydrogens (tertiary/aromatic N) is 4. The van der Waals surface area contributed by atoms with Gasteiger partial charge in [-0.1, -0.05) is 31.9 Å². The Hall–Kier alpha value is -1.56. The van der Waals surface area contributed by atoms with Gasteiger partial charge in [-0.25, -0.2) is 8.42 Å². The SMILES string of the molecule is Cc1cc([N+](=O)[O-])cc(S(=O)(=O)N2CCc3ccncc3C2)c1N(CCBr)CCBr. The van der Waals surface area contributed by atoms with Crippen LogP contribution in [0.5, 0.6) is 0 Å².